The van der Waals surface area contributed by atoms with Crippen LogP contribution in [0.3, 0.4) is 0 Å². The third kappa shape index (κ3) is 33.2. The van der Waals surface area contributed by atoms with Gasteiger partial charge in [0.1, 0.15) is 12.4 Å². The number of carbonyl (C=O) groups is 2. The maximum atomic E-state index is 11.4. The average Bonchev–Trinajstić information content (AvgIpc) is 2.85. The molecule has 3 unspecified atom stereocenters. The molecule has 0 rings (SSSR count). The Kier molecular flexibility index (Phi) is 36.8. The quantitative estimate of drug-likeness (QED) is 0.104. The fraction of sp³-hybridized carbons (Fsp3) is 0.933. The van der Waals surface area contributed by atoms with Crippen molar-refractivity contribution >= 4 is 12.1 Å². The van der Waals surface area contributed by atoms with E-state index in [1.54, 1.807) is 0 Å². The van der Waals surface area contributed by atoms with Crippen LogP contribution in [0.5, 0.6) is 0 Å². The highest BCUT2D eigenvalue weighted by Crippen LogP contribution is 2.12. The van der Waals surface area contributed by atoms with Gasteiger partial charge in [0, 0.05) is 12.8 Å². The van der Waals surface area contributed by atoms with Crippen molar-refractivity contribution < 1.29 is 24.9 Å². The number of aldehydes is 1. The summed E-state index contributed by atoms with van der Waals surface area (Å²) in [6, 6.07) is 0. The van der Waals surface area contributed by atoms with Crippen LogP contribution in [0.2, 0.25) is 0 Å². The zero-order chi connectivity index (χ0) is 27.2. The molecule has 3 N–H and O–H groups in total. The van der Waals surface area contributed by atoms with Gasteiger partial charge in [0.15, 0.2) is 5.78 Å². The zero-order valence-electron chi connectivity index (χ0n) is 24.1. The van der Waals surface area contributed by atoms with E-state index in [2.05, 4.69) is 34.6 Å². The molecule has 0 aromatic heterocycles. The Morgan fingerprint density at radius 3 is 1.34 bits per heavy atom. The van der Waals surface area contributed by atoms with E-state index in [1.807, 2.05) is 0 Å². The van der Waals surface area contributed by atoms with Crippen LogP contribution >= 0.6 is 0 Å². The molecular formula is C30H62O5. The minimum Gasteiger partial charge on any atom is -0.390 e. The van der Waals surface area contributed by atoms with Crippen molar-refractivity contribution in [3.63, 3.8) is 0 Å². The minimum absolute atomic E-state index is 0.0366. The number of hydrogen-bond acceptors (Lipinski definition) is 5. The van der Waals surface area contributed by atoms with E-state index < -0.39 is 18.3 Å². The van der Waals surface area contributed by atoms with Crippen molar-refractivity contribution in [2.45, 2.75) is 181 Å². The highest BCUT2D eigenvalue weighted by molar-refractivity contribution is 5.82. The maximum absolute atomic E-state index is 11.4. The molecule has 0 aliphatic heterocycles. The van der Waals surface area contributed by atoms with Gasteiger partial charge in [-0.25, -0.2) is 0 Å². The Morgan fingerprint density at radius 2 is 0.943 bits per heavy atom. The number of aliphatic hydroxyl groups excluding tert-OH is 3. The van der Waals surface area contributed by atoms with Crippen LogP contribution < -0.4 is 0 Å². The van der Waals surface area contributed by atoms with Gasteiger partial charge in [-0.15, -0.1) is 0 Å². The molecule has 0 saturated heterocycles. The van der Waals surface area contributed by atoms with Crippen LogP contribution in [0.15, 0.2) is 0 Å². The molecule has 0 spiro atoms. The van der Waals surface area contributed by atoms with Crippen molar-refractivity contribution in [2.75, 3.05) is 0 Å². The molecule has 0 heterocycles. The van der Waals surface area contributed by atoms with Crippen LogP contribution in [-0.2, 0) is 9.59 Å². The molecule has 0 saturated carbocycles. The van der Waals surface area contributed by atoms with Gasteiger partial charge in [0.2, 0.25) is 0 Å². The Labute approximate surface area is 218 Å². The molecule has 0 amide bonds. The molecule has 0 aliphatic carbocycles. The van der Waals surface area contributed by atoms with Gasteiger partial charge in [-0.05, 0) is 32.1 Å². The monoisotopic (exact) mass is 502 g/mol. The topological polar surface area (TPSA) is 94.8 Å². The van der Waals surface area contributed by atoms with Crippen LogP contribution in [0, 0.1) is 0 Å². The fourth-order valence-electron chi connectivity index (χ4n) is 3.53. The SMILES string of the molecule is CCCCCC(=O)C(O)CCCCC.CCCCCC(O)C(O)CCCCC.CCCCCC=O. The summed E-state index contributed by atoms with van der Waals surface area (Å²) in [5.74, 6) is 0.0366. The van der Waals surface area contributed by atoms with E-state index >= 15 is 0 Å². The standard InChI is InChI=1S/C12H26O2.C12H24O2.C6H12O/c2*1-3-5-7-9-11(13)12(14)10-8-6-4-2;1-2-3-4-5-6-7/h11-14H,3-10H2,1-2H3;11,13H,3-10H2,1-2H3;6H,2-5H2,1H3. The Hall–Kier alpha value is -0.780. The van der Waals surface area contributed by atoms with Crippen LogP contribution in [-0.4, -0.2) is 45.7 Å². The van der Waals surface area contributed by atoms with Gasteiger partial charge in [0.05, 0.1) is 12.2 Å². The van der Waals surface area contributed by atoms with E-state index in [4.69, 9.17) is 0 Å². The Balaban J connectivity index is -0.000000465. The highest BCUT2D eigenvalue weighted by Gasteiger charge is 2.15. The van der Waals surface area contributed by atoms with Gasteiger partial charge >= 0.3 is 0 Å². The third-order valence-corrected chi connectivity index (χ3v) is 6.06. The summed E-state index contributed by atoms with van der Waals surface area (Å²) < 4.78 is 0. The summed E-state index contributed by atoms with van der Waals surface area (Å²) in [6.07, 6.45) is 19.3. The summed E-state index contributed by atoms with van der Waals surface area (Å²) in [7, 11) is 0. The number of carbonyl (C=O) groups excluding carboxylic acids is 2. The molecule has 35 heavy (non-hydrogen) atoms. The number of ketones is 1. The van der Waals surface area contributed by atoms with Crippen molar-refractivity contribution in [3.8, 4) is 0 Å². The Morgan fingerprint density at radius 1 is 0.571 bits per heavy atom. The number of rotatable bonds is 22. The zero-order valence-corrected chi connectivity index (χ0v) is 24.1. The second kappa shape index (κ2) is 33.2. The predicted octanol–water partition coefficient (Wildman–Crippen LogP) is 7.71. The molecule has 0 bridgehead atoms. The van der Waals surface area contributed by atoms with Crippen LogP contribution in [0.4, 0.5) is 0 Å². The summed E-state index contributed by atoms with van der Waals surface area (Å²) >= 11 is 0. The molecule has 5 heteroatoms. The molecule has 0 aliphatic rings. The third-order valence-electron chi connectivity index (χ3n) is 6.06. The minimum atomic E-state index is -0.696. The molecule has 0 fully saturated rings. The molecule has 0 radical (unpaired) electrons. The van der Waals surface area contributed by atoms with E-state index in [-0.39, 0.29) is 5.78 Å². The van der Waals surface area contributed by atoms with Gasteiger partial charge in [-0.2, -0.15) is 0 Å². The lowest BCUT2D eigenvalue weighted by molar-refractivity contribution is -0.127. The van der Waals surface area contributed by atoms with Gasteiger partial charge in [-0.3, -0.25) is 4.79 Å². The molecular weight excluding hydrogens is 440 g/mol. The predicted molar refractivity (Wildman–Crippen MR) is 150 cm³/mol. The van der Waals surface area contributed by atoms with E-state index in [9.17, 15) is 24.9 Å². The molecule has 212 valence electrons. The largest absolute Gasteiger partial charge is 0.390 e. The lowest BCUT2D eigenvalue weighted by Crippen LogP contribution is -2.25. The van der Waals surface area contributed by atoms with E-state index in [1.165, 1.54) is 25.7 Å². The highest BCUT2D eigenvalue weighted by atomic mass is 16.3. The van der Waals surface area contributed by atoms with Gasteiger partial charge in [-0.1, -0.05) is 118 Å². The Bertz CT molecular complexity index is 400. The number of unbranched alkanes of at least 4 members (excludes halogenated alkanes) is 11. The van der Waals surface area contributed by atoms with Crippen molar-refractivity contribution in [1.82, 2.24) is 0 Å². The smallest absolute Gasteiger partial charge is 0.161 e. The first-order valence-corrected chi connectivity index (χ1v) is 14.9. The summed E-state index contributed by atoms with van der Waals surface area (Å²) in [5.41, 5.74) is 0. The maximum Gasteiger partial charge on any atom is 0.161 e. The molecule has 3 atom stereocenters. The van der Waals surface area contributed by atoms with Gasteiger partial charge < -0.3 is 20.1 Å². The lowest BCUT2D eigenvalue weighted by atomic mass is 10.0. The summed E-state index contributed by atoms with van der Waals surface area (Å²) in [6.45, 7) is 10.6. The number of aliphatic hydroxyl groups is 3. The first kappa shape index (κ1) is 38.7. The van der Waals surface area contributed by atoms with Crippen molar-refractivity contribution in [2.24, 2.45) is 0 Å². The first-order valence-electron chi connectivity index (χ1n) is 14.9. The number of hydrogen-bond donors (Lipinski definition) is 3. The van der Waals surface area contributed by atoms with E-state index in [0.717, 1.165) is 96.2 Å². The second-order valence-electron chi connectivity index (χ2n) is 9.72. The average molecular weight is 503 g/mol. The van der Waals surface area contributed by atoms with Crippen LogP contribution in [0.1, 0.15) is 163 Å². The molecule has 5 nitrogen and oxygen atoms in total. The lowest BCUT2D eigenvalue weighted by Gasteiger charge is -2.17. The molecule has 0 aromatic carbocycles. The van der Waals surface area contributed by atoms with Crippen molar-refractivity contribution in [1.29, 1.82) is 0 Å². The van der Waals surface area contributed by atoms with Gasteiger partial charge in [0.25, 0.3) is 0 Å². The molecule has 0 aromatic rings. The summed E-state index contributed by atoms with van der Waals surface area (Å²) in [5, 5.41) is 28.7. The van der Waals surface area contributed by atoms with Crippen molar-refractivity contribution in [3.05, 3.63) is 0 Å². The second-order valence-corrected chi connectivity index (χ2v) is 9.72. The fourth-order valence-corrected chi connectivity index (χ4v) is 3.53. The van der Waals surface area contributed by atoms with Crippen LogP contribution in [0.25, 0.3) is 0 Å². The normalized spacial score (nSPS) is 13.0. The summed E-state index contributed by atoms with van der Waals surface area (Å²) in [4.78, 5) is 21.0. The number of Topliss-reactive ketones (excluding diaryl/α,β-unsaturated/α-hetero) is 1. The van der Waals surface area contributed by atoms with E-state index in [0.29, 0.717) is 12.8 Å². The first-order chi connectivity index (χ1) is 16.9.